The standard InChI is InChI=1S/C14H22F2N4O2/c1-4-22-10-5-14(17,13(10,2)3)12(21)19-9-6-18-20(7-9)8-11(15)16/h6-7,10-11H,4-5,8,17H2,1-3H3,(H,19,21). The molecule has 0 saturated heterocycles. The Hall–Kier alpha value is -1.54. The normalized spacial score (nSPS) is 26.8. The first kappa shape index (κ1) is 16.8. The van der Waals surface area contributed by atoms with Crippen LogP contribution in [0.25, 0.3) is 0 Å². The summed E-state index contributed by atoms with van der Waals surface area (Å²) in [5.41, 5.74) is 5.03. The van der Waals surface area contributed by atoms with Gasteiger partial charge >= 0.3 is 0 Å². The maximum atomic E-state index is 12.4. The summed E-state index contributed by atoms with van der Waals surface area (Å²) >= 11 is 0. The molecule has 0 spiro atoms. The number of nitrogens with zero attached hydrogens (tertiary/aromatic N) is 2. The number of carbonyl (C=O) groups is 1. The van der Waals surface area contributed by atoms with Crippen LogP contribution in [0.3, 0.4) is 0 Å². The zero-order chi connectivity index (χ0) is 16.5. The SMILES string of the molecule is CCOC1CC(N)(C(=O)Nc2cnn(CC(F)F)c2)C1(C)C. The molecule has 22 heavy (non-hydrogen) atoms. The number of rotatable bonds is 6. The molecule has 124 valence electrons. The molecule has 2 rings (SSSR count). The first-order valence-corrected chi connectivity index (χ1v) is 7.23. The molecule has 1 fully saturated rings. The number of halogens is 2. The Morgan fingerprint density at radius 2 is 2.32 bits per heavy atom. The van der Waals surface area contributed by atoms with E-state index >= 15 is 0 Å². The third kappa shape index (κ3) is 2.85. The lowest BCUT2D eigenvalue weighted by Gasteiger charge is -2.57. The van der Waals surface area contributed by atoms with Crippen molar-refractivity contribution in [1.29, 1.82) is 0 Å². The van der Waals surface area contributed by atoms with Crippen LogP contribution in [0.15, 0.2) is 12.4 Å². The zero-order valence-corrected chi connectivity index (χ0v) is 13.0. The number of carbonyl (C=O) groups excluding carboxylic acids is 1. The van der Waals surface area contributed by atoms with Crippen LogP contribution in [0.1, 0.15) is 27.2 Å². The zero-order valence-electron chi connectivity index (χ0n) is 13.0. The van der Waals surface area contributed by atoms with Crippen molar-refractivity contribution in [3.05, 3.63) is 12.4 Å². The number of amides is 1. The molecule has 0 radical (unpaired) electrons. The number of hydrogen-bond donors (Lipinski definition) is 2. The number of nitrogens with one attached hydrogen (secondary N) is 1. The predicted octanol–water partition coefficient (Wildman–Crippen LogP) is 1.62. The van der Waals surface area contributed by atoms with E-state index in [1.807, 2.05) is 20.8 Å². The van der Waals surface area contributed by atoms with Crippen molar-refractivity contribution < 1.29 is 18.3 Å². The van der Waals surface area contributed by atoms with Crippen molar-refractivity contribution >= 4 is 11.6 Å². The second-order valence-electron chi connectivity index (χ2n) is 6.14. The molecule has 3 N–H and O–H groups in total. The van der Waals surface area contributed by atoms with Crippen LogP contribution in [0.2, 0.25) is 0 Å². The lowest BCUT2D eigenvalue weighted by Crippen LogP contribution is -2.74. The molecular formula is C14H22F2N4O2. The molecule has 1 aromatic heterocycles. The Labute approximate surface area is 128 Å². The van der Waals surface area contributed by atoms with E-state index in [1.165, 1.54) is 12.4 Å². The number of hydrogen-bond acceptors (Lipinski definition) is 4. The average Bonchev–Trinajstić information content (AvgIpc) is 2.84. The molecule has 2 atom stereocenters. The molecule has 1 aliphatic carbocycles. The minimum Gasteiger partial charge on any atom is -0.378 e. The molecule has 6 nitrogen and oxygen atoms in total. The van der Waals surface area contributed by atoms with Crippen molar-refractivity contribution in [3.63, 3.8) is 0 Å². The van der Waals surface area contributed by atoms with Crippen molar-refractivity contribution in [1.82, 2.24) is 9.78 Å². The van der Waals surface area contributed by atoms with E-state index in [9.17, 15) is 13.6 Å². The van der Waals surface area contributed by atoms with Crippen molar-refractivity contribution in [3.8, 4) is 0 Å². The molecule has 1 aromatic rings. The Kier molecular flexibility index (Phi) is 4.53. The highest BCUT2D eigenvalue weighted by Crippen LogP contribution is 2.50. The number of aromatic nitrogens is 2. The Balaban J connectivity index is 2.02. The fourth-order valence-electron chi connectivity index (χ4n) is 2.73. The van der Waals surface area contributed by atoms with Gasteiger partial charge in [0, 0.05) is 24.6 Å². The highest BCUT2D eigenvalue weighted by atomic mass is 19.3. The molecule has 1 amide bonds. The topological polar surface area (TPSA) is 82.2 Å². The van der Waals surface area contributed by atoms with E-state index in [1.54, 1.807) is 0 Å². The van der Waals surface area contributed by atoms with E-state index in [0.29, 0.717) is 18.7 Å². The molecule has 8 heteroatoms. The van der Waals surface area contributed by atoms with Gasteiger partial charge in [-0.25, -0.2) is 8.78 Å². The van der Waals surface area contributed by atoms with Crippen LogP contribution >= 0.6 is 0 Å². The third-order valence-corrected chi connectivity index (χ3v) is 4.45. The fourth-order valence-corrected chi connectivity index (χ4v) is 2.73. The molecule has 0 bridgehead atoms. The predicted molar refractivity (Wildman–Crippen MR) is 77.6 cm³/mol. The average molecular weight is 316 g/mol. The van der Waals surface area contributed by atoms with E-state index in [-0.39, 0.29) is 12.0 Å². The van der Waals surface area contributed by atoms with Gasteiger partial charge in [-0.15, -0.1) is 0 Å². The number of nitrogens with two attached hydrogens (primary N) is 1. The van der Waals surface area contributed by atoms with Crippen LogP contribution in [0.4, 0.5) is 14.5 Å². The Morgan fingerprint density at radius 3 is 2.86 bits per heavy atom. The lowest BCUT2D eigenvalue weighted by molar-refractivity contribution is -0.166. The van der Waals surface area contributed by atoms with Crippen LogP contribution < -0.4 is 11.1 Å². The van der Waals surface area contributed by atoms with Crippen LogP contribution in [-0.4, -0.2) is 40.4 Å². The van der Waals surface area contributed by atoms with Gasteiger partial charge in [-0.1, -0.05) is 13.8 Å². The van der Waals surface area contributed by atoms with Gasteiger partial charge in [0.1, 0.15) is 12.1 Å². The molecule has 2 unspecified atom stereocenters. The van der Waals surface area contributed by atoms with Gasteiger partial charge in [-0.3, -0.25) is 9.48 Å². The number of ether oxygens (including phenoxy) is 1. The van der Waals surface area contributed by atoms with Crippen LogP contribution in [0, 0.1) is 5.41 Å². The van der Waals surface area contributed by atoms with Gasteiger partial charge in [-0.2, -0.15) is 5.10 Å². The van der Waals surface area contributed by atoms with Gasteiger partial charge < -0.3 is 15.8 Å². The molecule has 0 aliphatic heterocycles. The molecule has 1 heterocycles. The first-order valence-electron chi connectivity index (χ1n) is 7.23. The molecule has 0 aromatic carbocycles. The highest BCUT2D eigenvalue weighted by molar-refractivity contribution is 5.99. The van der Waals surface area contributed by atoms with E-state index < -0.39 is 23.9 Å². The summed E-state index contributed by atoms with van der Waals surface area (Å²) < 4.78 is 31.2. The van der Waals surface area contributed by atoms with Crippen molar-refractivity contribution in [2.45, 2.75) is 51.8 Å². The Bertz CT molecular complexity index is 547. The maximum Gasteiger partial charge on any atom is 0.257 e. The monoisotopic (exact) mass is 316 g/mol. The van der Waals surface area contributed by atoms with E-state index in [2.05, 4.69) is 10.4 Å². The van der Waals surface area contributed by atoms with Crippen molar-refractivity contribution in [2.75, 3.05) is 11.9 Å². The second-order valence-corrected chi connectivity index (χ2v) is 6.14. The molecule has 1 aliphatic rings. The second kappa shape index (κ2) is 5.92. The van der Waals surface area contributed by atoms with Gasteiger partial charge in [0.15, 0.2) is 0 Å². The van der Waals surface area contributed by atoms with E-state index in [0.717, 1.165) is 4.68 Å². The minimum atomic E-state index is -2.50. The number of anilines is 1. The smallest absolute Gasteiger partial charge is 0.257 e. The summed E-state index contributed by atoms with van der Waals surface area (Å²) in [6.07, 6.45) is 0.538. The minimum absolute atomic E-state index is 0.0743. The lowest BCUT2D eigenvalue weighted by atomic mass is 9.54. The van der Waals surface area contributed by atoms with Crippen LogP contribution in [0.5, 0.6) is 0 Å². The summed E-state index contributed by atoms with van der Waals surface area (Å²) in [6.45, 7) is 5.71. The summed E-state index contributed by atoms with van der Waals surface area (Å²) in [4.78, 5) is 12.4. The van der Waals surface area contributed by atoms with Gasteiger partial charge in [-0.05, 0) is 6.92 Å². The summed E-state index contributed by atoms with van der Waals surface area (Å²) in [5, 5.41) is 6.42. The Morgan fingerprint density at radius 1 is 1.64 bits per heavy atom. The molecular weight excluding hydrogens is 294 g/mol. The quantitative estimate of drug-likeness (QED) is 0.835. The number of alkyl halides is 2. The van der Waals surface area contributed by atoms with Gasteiger partial charge in [0.05, 0.1) is 18.0 Å². The fraction of sp³-hybridized carbons (Fsp3) is 0.714. The van der Waals surface area contributed by atoms with Gasteiger partial charge in [0.2, 0.25) is 5.91 Å². The largest absolute Gasteiger partial charge is 0.378 e. The summed E-state index contributed by atoms with van der Waals surface area (Å²) in [7, 11) is 0. The van der Waals surface area contributed by atoms with Crippen LogP contribution in [-0.2, 0) is 16.1 Å². The highest BCUT2D eigenvalue weighted by Gasteiger charge is 2.62. The van der Waals surface area contributed by atoms with Gasteiger partial charge in [0.25, 0.3) is 6.43 Å². The first-order chi connectivity index (χ1) is 10.2. The maximum absolute atomic E-state index is 12.4. The summed E-state index contributed by atoms with van der Waals surface area (Å²) in [5.74, 6) is -0.356. The van der Waals surface area contributed by atoms with E-state index in [4.69, 9.17) is 10.5 Å². The molecule has 1 saturated carbocycles. The summed E-state index contributed by atoms with van der Waals surface area (Å²) in [6, 6.07) is 0. The van der Waals surface area contributed by atoms with Crippen molar-refractivity contribution in [2.24, 2.45) is 11.1 Å². The third-order valence-electron chi connectivity index (χ3n) is 4.45.